The van der Waals surface area contributed by atoms with Crippen LogP contribution in [0.5, 0.6) is 11.5 Å². The van der Waals surface area contributed by atoms with Crippen LogP contribution in [0.1, 0.15) is 43.9 Å². The molecule has 0 aliphatic heterocycles. The van der Waals surface area contributed by atoms with Gasteiger partial charge in [0.25, 0.3) is 0 Å². The predicted octanol–water partition coefficient (Wildman–Crippen LogP) is 4.43. The van der Waals surface area contributed by atoms with Crippen LogP contribution in [0, 0.1) is 6.92 Å². The topological polar surface area (TPSA) is 47.6 Å². The Morgan fingerprint density at radius 1 is 1.00 bits per heavy atom. The molecule has 1 atom stereocenters. The van der Waals surface area contributed by atoms with E-state index in [1.54, 1.807) is 0 Å². The van der Waals surface area contributed by atoms with Crippen molar-refractivity contribution in [2.45, 2.75) is 39.7 Å². The van der Waals surface area contributed by atoms with Crippen LogP contribution in [-0.4, -0.2) is 19.1 Å². The van der Waals surface area contributed by atoms with Crippen LogP contribution >= 0.6 is 0 Å². The second-order valence-electron chi connectivity index (χ2n) is 6.06. The van der Waals surface area contributed by atoms with Crippen molar-refractivity contribution in [3.05, 3.63) is 59.7 Å². The van der Waals surface area contributed by atoms with E-state index in [0.717, 1.165) is 17.1 Å². The Kier molecular flexibility index (Phi) is 7.33. The average Bonchev–Trinajstić information content (AvgIpc) is 2.61. The summed E-state index contributed by atoms with van der Waals surface area (Å²) in [7, 11) is 0. The molecule has 0 saturated carbocycles. The van der Waals surface area contributed by atoms with E-state index in [0.29, 0.717) is 26.1 Å². The molecule has 4 heteroatoms. The van der Waals surface area contributed by atoms with Gasteiger partial charge in [0.1, 0.15) is 11.5 Å². The van der Waals surface area contributed by atoms with Gasteiger partial charge < -0.3 is 14.8 Å². The van der Waals surface area contributed by atoms with Gasteiger partial charge in [-0.05, 0) is 57.0 Å². The first kappa shape index (κ1) is 18.8. The van der Waals surface area contributed by atoms with Gasteiger partial charge in [-0.3, -0.25) is 4.79 Å². The molecule has 134 valence electrons. The summed E-state index contributed by atoms with van der Waals surface area (Å²) >= 11 is 0. The Balaban J connectivity index is 1.69. The number of carbonyl (C=O) groups is 1. The lowest BCUT2D eigenvalue weighted by Gasteiger charge is -2.15. The molecule has 2 aromatic rings. The van der Waals surface area contributed by atoms with E-state index in [1.165, 1.54) is 5.56 Å². The molecule has 1 amide bonds. The van der Waals surface area contributed by atoms with Crippen LogP contribution in [0.4, 0.5) is 0 Å². The molecule has 0 saturated heterocycles. The number of rotatable bonds is 9. The van der Waals surface area contributed by atoms with Gasteiger partial charge in [0.15, 0.2) is 0 Å². The lowest BCUT2D eigenvalue weighted by molar-refractivity contribution is -0.121. The van der Waals surface area contributed by atoms with Gasteiger partial charge in [0.05, 0.1) is 19.3 Å². The Hall–Kier alpha value is -2.49. The van der Waals surface area contributed by atoms with E-state index in [-0.39, 0.29) is 11.9 Å². The fraction of sp³-hybridized carbons (Fsp3) is 0.381. The largest absolute Gasteiger partial charge is 0.494 e. The first-order valence-corrected chi connectivity index (χ1v) is 8.80. The number of amides is 1. The molecular weight excluding hydrogens is 314 g/mol. The smallest absolute Gasteiger partial charge is 0.220 e. The van der Waals surface area contributed by atoms with Crippen LogP contribution < -0.4 is 14.8 Å². The summed E-state index contributed by atoms with van der Waals surface area (Å²) in [5.41, 5.74) is 2.27. The molecule has 0 radical (unpaired) electrons. The quantitative estimate of drug-likeness (QED) is 0.686. The van der Waals surface area contributed by atoms with E-state index in [2.05, 4.69) is 5.32 Å². The van der Waals surface area contributed by atoms with E-state index in [4.69, 9.17) is 9.47 Å². The van der Waals surface area contributed by atoms with Crippen LogP contribution in [0.15, 0.2) is 48.5 Å². The van der Waals surface area contributed by atoms with Crippen molar-refractivity contribution in [2.75, 3.05) is 13.2 Å². The van der Waals surface area contributed by atoms with Crippen LogP contribution in [-0.2, 0) is 4.79 Å². The first-order valence-electron chi connectivity index (χ1n) is 8.80. The highest BCUT2D eigenvalue weighted by molar-refractivity contribution is 5.76. The minimum absolute atomic E-state index is 0.0267. The van der Waals surface area contributed by atoms with Crippen LogP contribution in [0.3, 0.4) is 0 Å². The number of carbonyl (C=O) groups excluding carboxylic acids is 1. The maximum atomic E-state index is 12.1. The molecule has 2 rings (SSSR count). The molecule has 2 aromatic carbocycles. The Labute approximate surface area is 150 Å². The third kappa shape index (κ3) is 6.49. The van der Waals surface area contributed by atoms with Gasteiger partial charge in [-0.2, -0.15) is 0 Å². The van der Waals surface area contributed by atoms with Crippen molar-refractivity contribution in [1.29, 1.82) is 0 Å². The van der Waals surface area contributed by atoms with Crippen LogP contribution in [0.2, 0.25) is 0 Å². The zero-order valence-corrected chi connectivity index (χ0v) is 15.2. The molecular formula is C21H27NO3. The first-order chi connectivity index (χ1) is 12.1. The summed E-state index contributed by atoms with van der Waals surface area (Å²) < 4.78 is 11.1. The summed E-state index contributed by atoms with van der Waals surface area (Å²) in [6, 6.07) is 15.7. The fourth-order valence-corrected chi connectivity index (χ4v) is 2.47. The summed E-state index contributed by atoms with van der Waals surface area (Å²) in [4.78, 5) is 12.1. The molecule has 1 N–H and O–H groups in total. The van der Waals surface area contributed by atoms with Crippen molar-refractivity contribution in [1.82, 2.24) is 5.32 Å². The molecule has 0 aromatic heterocycles. The maximum Gasteiger partial charge on any atom is 0.220 e. The highest BCUT2D eigenvalue weighted by atomic mass is 16.5. The van der Waals surface area contributed by atoms with E-state index in [9.17, 15) is 4.79 Å². The standard InChI is InChI=1S/C21H27NO3/c1-4-24-19-13-9-18(10-14-19)17(3)22-21(23)6-5-15-25-20-11-7-16(2)8-12-20/h7-14,17H,4-6,15H2,1-3H3,(H,22,23)/t17-/m1/s1. The molecule has 0 bridgehead atoms. The van der Waals surface area contributed by atoms with Gasteiger partial charge >= 0.3 is 0 Å². The molecule has 4 nitrogen and oxygen atoms in total. The second kappa shape index (κ2) is 9.72. The lowest BCUT2D eigenvalue weighted by Crippen LogP contribution is -2.26. The van der Waals surface area contributed by atoms with E-state index >= 15 is 0 Å². The molecule has 0 heterocycles. The summed E-state index contributed by atoms with van der Waals surface area (Å²) in [5, 5.41) is 3.02. The van der Waals surface area contributed by atoms with Gasteiger partial charge in [0, 0.05) is 6.42 Å². The Morgan fingerprint density at radius 3 is 2.24 bits per heavy atom. The van der Waals surface area contributed by atoms with Gasteiger partial charge in [-0.1, -0.05) is 29.8 Å². The van der Waals surface area contributed by atoms with Gasteiger partial charge in [-0.15, -0.1) is 0 Å². The highest BCUT2D eigenvalue weighted by Gasteiger charge is 2.09. The number of ether oxygens (including phenoxy) is 2. The van der Waals surface area contributed by atoms with Gasteiger partial charge in [0.2, 0.25) is 5.91 Å². The van der Waals surface area contributed by atoms with Crippen molar-refractivity contribution in [3.63, 3.8) is 0 Å². The zero-order chi connectivity index (χ0) is 18.1. The minimum atomic E-state index is -0.0267. The normalized spacial score (nSPS) is 11.6. The molecule has 0 unspecified atom stereocenters. The van der Waals surface area contributed by atoms with Crippen LogP contribution in [0.25, 0.3) is 0 Å². The summed E-state index contributed by atoms with van der Waals surface area (Å²) in [6.45, 7) is 7.17. The summed E-state index contributed by atoms with van der Waals surface area (Å²) in [5.74, 6) is 1.72. The fourth-order valence-electron chi connectivity index (χ4n) is 2.47. The van der Waals surface area contributed by atoms with Crippen molar-refractivity contribution in [3.8, 4) is 11.5 Å². The summed E-state index contributed by atoms with van der Waals surface area (Å²) in [6.07, 6.45) is 1.14. The minimum Gasteiger partial charge on any atom is -0.494 e. The Morgan fingerprint density at radius 2 is 1.60 bits per heavy atom. The van der Waals surface area contributed by atoms with Gasteiger partial charge in [-0.25, -0.2) is 0 Å². The van der Waals surface area contributed by atoms with Crippen molar-refractivity contribution in [2.24, 2.45) is 0 Å². The van der Waals surface area contributed by atoms with Crippen molar-refractivity contribution >= 4 is 5.91 Å². The average molecular weight is 341 g/mol. The molecule has 0 aliphatic rings. The Bertz CT molecular complexity index is 650. The zero-order valence-electron chi connectivity index (χ0n) is 15.2. The molecule has 25 heavy (non-hydrogen) atoms. The number of hydrogen-bond acceptors (Lipinski definition) is 3. The van der Waals surface area contributed by atoms with Crippen molar-refractivity contribution < 1.29 is 14.3 Å². The number of hydrogen-bond donors (Lipinski definition) is 1. The molecule has 0 fully saturated rings. The SMILES string of the molecule is CCOc1ccc([C@@H](C)NC(=O)CCCOc2ccc(C)cc2)cc1. The second-order valence-corrected chi connectivity index (χ2v) is 6.06. The number of nitrogens with one attached hydrogen (secondary N) is 1. The number of benzene rings is 2. The number of aryl methyl sites for hydroxylation is 1. The lowest BCUT2D eigenvalue weighted by atomic mass is 10.1. The predicted molar refractivity (Wildman–Crippen MR) is 100 cm³/mol. The monoisotopic (exact) mass is 341 g/mol. The van der Waals surface area contributed by atoms with E-state index in [1.807, 2.05) is 69.3 Å². The van der Waals surface area contributed by atoms with E-state index < -0.39 is 0 Å². The third-order valence-electron chi connectivity index (χ3n) is 3.91. The molecule has 0 aliphatic carbocycles. The maximum absolute atomic E-state index is 12.1. The highest BCUT2D eigenvalue weighted by Crippen LogP contribution is 2.18. The third-order valence-corrected chi connectivity index (χ3v) is 3.91. The molecule has 0 spiro atoms.